The van der Waals surface area contributed by atoms with Crippen molar-refractivity contribution in [1.29, 1.82) is 0 Å². The Hall–Kier alpha value is -0.980. The molecule has 0 radical (unpaired) electrons. The number of pyridine rings is 1. The lowest BCUT2D eigenvalue weighted by Gasteiger charge is -2.07. The first-order valence-corrected chi connectivity index (χ1v) is 7.77. The SMILES string of the molecule is Clc1ccc(NCc2cn3cc(Cl)ccc3n2)c(I)c1. The summed E-state index contributed by atoms with van der Waals surface area (Å²) in [4.78, 5) is 4.53. The largest absolute Gasteiger partial charge is 0.378 e. The van der Waals surface area contributed by atoms with E-state index in [1.807, 2.05) is 47.1 Å². The second-order valence-electron chi connectivity index (χ2n) is 4.32. The van der Waals surface area contributed by atoms with E-state index in [1.165, 1.54) is 0 Å². The number of nitrogens with one attached hydrogen (secondary N) is 1. The first kappa shape index (κ1) is 14.0. The molecule has 2 aromatic heterocycles. The molecule has 2 heterocycles. The smallest absolute Gasteiger partial charge is 0.137 e. The molecule has 0 saturated heterocycles. The Balaban J connectivity index is 1.79. The van der Waals surface area contributed by atoms with Crippen LogP contribution in [0.5, 0.6) is 0 Å². The molecule has 3 nitrogen and oxygen atoms in total. The van der Waals surface area contributed by atoms with Crippen LogP contribution in [0.2, 0.25) is 10.0 Å². The van der Waals surface area contributed by atoms with Gasteiger partial charge in [0.1, 0.15) is 5.65 Å². The van der Waals surface area contributed by atoms with Gasteiger partial charge in [-0.25, -0.2) is 4.98 Å². The maximum absolute atomic E-state index is 5.96. The molecule has 0 amide bonds. The predicted molar refractivity (Wildman–Crippen MR) is 91.7 cm³/mol. The zero-order chi connectivity index (χ0) is 14.1. The van der Waals surface area contributed by atoms with E-state index in [1.54, 1.807) is 0 Å². The Bertz CT molecular complexity index is 770. The molecule has 0 saturated carbocycles. The van der Waals surface area contributed by atoms with Crippen LogP contribution in [0, 0.1) is 3.57 Å². The minimum absolute atomic E-state index is 0.650. The molecule has 0 unspecified atom stereocenters. The van der Waals surface area contributed by atoms with Crippen LogP contribution in [0.4, 0.5) is 5.69 Å². The molecule has 0 fully saturated rings. The fraction of sp³-hybridized carbons (Fsp3) is 0.0714. The Morgan fingerprint density at radius 1 is 1.10 bits per heavy atom. The molecule has 0 bridgehead atoms. The number of rotatable bonds is 3. The molecule has 0 aliphatic heterocycles. The summed E-state index contributed by atoms with van der Waals surface area (Å²) in [5.74, 6) is 0. The van der Waals surface area contributed by atoms with E-state index in [2.05, 4.69) is 32.9 Å². The summed E-state index contributed by atoms with van der Waals surface area (Å²) in [6.07, 6.45) is 3.82. The van der Waals surface area contributed by atoms with E-state index >= 15 is 0 Å². The number of nitrogens with zero attached hydrogens (tertiary/aromatic N) is 2. The predicted octanol–water partition coefficient (Wildman–Crippen LogP) is 4.86. The van der Waals surface area contributed by atoms with Crippen molar-refractivity contribution in [2.45, 2.75) is 6.54 Å². The molecule has 1 N–H and O–H groups in total. The van der Waals surface area contributed by atoms with Crippen LogP contribution in [0.25, 0.3) is 5.65 Å². The zero-order valence-electron chi connectivity index (χ0n) is 10.3. The van der Waals surface area contributed by atoms with Gasteiger partial charge in [0.15, 0.2) is 0 Å². The van der Waals surface area contributed by atoms with E-state index in [9.17, 15) is 0 Å². The van der Waals surface area contributed by atoms with E-state index < -0.39 is 0 Å². The zero-order valence-corrected chi connectivity index (χ0v) is 13.9. The van der Waals surface area contributed by atoms with Crippen molar-refractivity contribution in [3.8, 4) is 0 Å². The highest BCUT2D eigenvalue weighted by atomic mass is 127. The lowest BCUT2D eigenvalue weighted by Crippen LogP contribution is -2.01. The summed E-state index contributed by atoms with van der Waals surface area (Å²) in [7, 11) is 0. The normalized spacial score (nSPS) is 10.9. The van der Waals surface area contributed by atoms with Crippen molar-refractivity contribution >= 4 is 57.1 Å². The number of hydrogen-bond donors (Lipinski definition) is 1. The number of hydrogen-bond acceptors (Lipinski definition) is 2. The van der Waals surface area contributed by atoms with Crippen molar-refractivity contribution < 1.29 is 0 Å². The van der Waals surface area contributed by atoms with Gasteiger partial charge < -0.3 is 9.72 Å². The maximum Gasteiger partial charge on any atom is 0.137 e. The Morgan fingerprint density at radius 2 is 1.90 bits per heavy atom. The molecule has 0 atom stereocenters. The first-order valence-electron chi connectivity index (χ1n) is 5.94. The first-order chi connectivity index (χ1) is 9.61. The van der Waals surface area contributed by atoms with Crippen LogP contribution in [-0.4, -0.2) is 9.38 Å². The third kappa shape index (κ3) is 3.02. The summed E-state index contributed by atoms with van der Waals surface area (Å²) < 4.78 is 3.01. The maximum atomic E-state index is 5.96. The second kappa shape index (κ2) is 5.79. The van der Waals surface area contributed by atoms with Crippen molar-refractivity contribution in [2.24, 2.45) is 0 Å². The van der Waals surface area contributed by atoms with Gasteiger partial charge in [0.05, 0.1) is 17.3 Å². The number of anilines is 1. The molecule has 0 aliphatic carbocycles. The van der Waals surface area contributed by atoms with Crippen LogP contribution < -0.4 is 5.32 Å². The van der Waals surface area contributed by atoms with Gasteiger partial charge >= 0.3 is 0 Å². The monoisotopic (exact) mass is 417 g/mol. The van der Waals surface area contributed by atoms with Gasteiger partial charge in [-0.1, -0.05) is 23.2 Å². The van der Waals surface area contributed by atoms with Crippen molar-refractivity contribution in [1.82, 2.24) is 9.38 Å². The highest BCUT2D eigenvalue weighted by Crippen LogP contribution is 2.22. The summed E-state index contributed by atoms with van der Waals surface area (Å²) in [6, 6.07) is 9.50. The van der Waals surface area contributed by atoms with Crippen LogP contribution in [0.15, 0.2) is 42.7 Å². The Kier molecular flexibility index (Phi) is 4.05. The minimum atomic E-state index is 0.650. The number of benzene rings is 1. The minimum Gasteiger partial charge on any atom is -0.378 e. The number of fused-ring (bicyclic) bond motifs is 1. The van der Waals surface area contributed by atoms with E-state index in [4.69, 9.17) is 23.2 Å². The van der Waals surface area contributed by atoms with Gasteiger partial charge in [-0.3, -0.25) is 0 Å². The molecule has 3 aromatic rings. The molecular formula is C14H10Cl2IN3. The van der Waals surface area contributed by atoms with Gasteiger partial charge in [-0.15, -0.1) is 0 Å². The Morgan fingerprint density at radius 3 is 2.70 bits per heavy atom. The second-order valence-corrected chi connectivity index (χ2v) is 6.36. The third-order valence-corrected chi connectivity index (χ3v) is 4.21. The number of imidazole rings is 1. The molecule has 6 heteroatoms. The average molecular weight is 418 g/mol. The number of aromatic nitrogens is 2. The average Bonchev–Trinajstić information content (AvgIpc) is 2.79. The summed E-state index contributed by atoms with van der Waals surface area (Å²) in [6.45, 7) is 0.650. The molecule has 3 rings (SSSR count). The van der Waals surface area contributed by atoms with Crippen molar-refractivity contribution in [3.63, 3.8) is 0 Å². The summed E-state index contributed by atoms with van der Waals surface area (Å²) in [5, 5.41) is 4.79. The third-order valence-electron chi connectivity index (χ3n) is 2.86. The lowest BCUT2D eigenvalue weighted by atomic mass is 10.3. The molecule has 102 valence electrons. The molecule has 1 aromatic carbocycles. The van der Waals surface area contributed by atoms with Crippen LogP contribution >= 0.6 is 45.8 Å². The summed E-state index contributed by atoms with van der Waals surface area (Å²) >= 11 is 14.2. The van der Waals surface area contributed by atoms with E-state index in [0.717, 1.165) is 25.6 Å². The fourth-order valence-corrected chi connectivity index (χ4v) is 3.15. The van der Waals surface area contributed by atoms with Gasteiger partial charge in [0.2, 0.25) is 0 Å². The van der Waals surface area contributed by atoms with Crippen LogP contribution in [0.1, 0.15) is 5.69 Å². The topological polar surface area (TPSA) is 29.3 Å². The molecule has 0 aliphatic rings. The summed E-state index contributed by atoms with van der Waals surface area (Å²) in [5.41, 5.74) is 2.89. The molecule has 20 heavy (non-hydrogen) atoms. The van der Waals surface area contributed by atoms with E-state index in [-0.39, 0.29) is 0 Å². The number of halogens is 3. The quantitative estimate of drug-likeness (QED) is 0.616. The van der Waals surface area contributed by atoms with Gasteiger partial charge in [-0.05, 0) is 52.9 Å². The fourth-order valence-electron chi connectivity index (χ4n) is 1.92. The van der Waals surface area contributed by atoms with Crippen molar-refractivity contribution in [3.05, 3.63) is 62.0 Å². The highest BCUT2D eigenvalue weighted by Gasteiger charge is 2.04. The van der Waals surface area contributed by atoms with Gasteiger partial charge in [-0.2, -0.15) is 0 Å². The van der Waals surface area contributed by atoms with Crippen LogP contribution in [-0.2, 0) is 6.54 Å². The van der Waals surface area contributed by atoms with Gasteiger partial charge in [0, 0.05) is 26.7 Å². The highest BCUT2D eigenvalue weighted by molar-refractivity contribution is 14.1. The standard InChI is InChI=1S/C14H10Cl2IN3/c15-9-1-3-13(12(17)5-9)18-6-11-8-20-7-10(16)2-4-14(20)19-11/h1-5,7-8,18H,6H2. The molecule has 0 spiro atoms. The van der Waals surface area contributed by atoms with Crippen molar-refractivity contribution in [2.75, 3.05) is 5.32 Å². The lowest BCUT2D eigenvalue weighted by molar-refractivity contribution is 1.08. The van der Waals surface area contributed by atoms with Gasteiger partial charge in [0.25, 0.3) is 0 Å². The molecular weight excluding hydrogens is 408 g/mol. The Labute approximate surface area is 140 Å². The van der Waals surface area contributed by atoms with E-state index in [0.29, 0.717) is 11.6 Å². The van der Waals surface area contributed by atoms with Crippen LogP contribution in [0.3, 0.4) is 0 Å².